The second-order valence-corrected chi connectivity index (χ2v) is 4.12. The molecule has 1 aromatic carbocycles. The van der Waals surface area contributed by atoms with Gasteiger partial charge in [0.2, 0.25) is 0 Å². The van der Waals surface area contributed by atoms with Crippen LogP contribution in [0.3, 0.4) is 0 Å². The predicted molar refractivity (Wildman–Crippen MR) is 63.7 cm³/mol. The van der Waals surface area contributed by atoms with Gasteiger partial charge in [0.1, 0.15) is 0 Å². The van der Waals surface area contributed by atoms with E-state index in [2.05, 4.69) is 31.1 Å². The van der Waals surface area contributed by atoms with Gasteiger partial charge >= 0.3 is 0 Å². The Morgan fingerprint density at radius 3 is 2.44 bits per heavy atom. The Kier molecular flexibility index (Phi) is 2.79. The first-order chi connectivity index (χ1) is 7.61. The quantitative estimate of drug-likeness (QED) is 0.836. The minimum absolute atomic E-state index is 0.0152. The summed E-state index contributed by atoms with van der Waals surface area (Å²) in [6.45, 7) is 6.15. The first-order valence-electron chi connectivity index (χ1n) is 5.36. The van der Waals surface area contributed by atoms with E-state index in [0.29, 0.717) is 5.69 Å². The lowest BCUT2D eigenvalue weighted by molar-refractivity contribution is 0.276. The molecule has 3 heteroatoms. The monoisotopic (exact) mass is 216 g/mol. The summed E-state index contributed by atoms with van der Waals surface area (Å²) in [5, 5.41) is 13.4. The van der Waals surface area contributed by atoms with Gasteiger partial charge in [0.15, 0.2) is 0 Å². The van der Waals surface area contributed by atoms with E-state index in [1.807, 2.05) is 23.7 Å². The van der Waals surface area contributed by atoms with E-state index in [4.69, 9.17) is 5.11 Å². The number of hydrogen-bond acceptors (Lipinski definition) is 2. The number of aromatic nitrogens is 2. The standard InChI is InChI=1S/C13H16N2O/c1-9-4-5-13(6-10(9)2)15-11(3)7-12(8-16)14-15/h4-7,16H,8H2,1-3H3. The van der Waals surface area contributed by atoms with Crippen molar-refractivity contribution < 1.29 is 5.11 Å². The van der Waals surface area contributed by atoms with Gasteiger partial charge in [-0.3, -0.25) is 0 Å². The van der Waals surface area contributed by atoms with E-state index in [1.165, 1.54) is 11.1 Å². The maximum Gasteiger partial charge on any atom is 0.0886 e. The normalized spacial score (nSPS) is 10.8. The third-order valence-corrected chi connectivity index (χ3v) is 2.84. The van der Waals surface area contributed by atoms with Crippen LogP contribution in [0.25, 0.3) is 5.69 Å². The van der Waals surface area contributed by atoms with Crippen molar-refractivity contribution in [2.75, 3.05) is 0 Å². The van der Waals surface area contributed by atoms with Crippen molar-refractivity contribution in [3.05, 3.63) is 46.8 Å². The first kappa shape index (κ1) is 10.9. The maximum absolute atomic E-state index is 9.05. The van der Waals surface area contributed by atoms with Gasteiger partial charge in [0.25, 0.3) is 0 Å². The van der Waals surface area contributed by atoms with Gasteiger partial charge in [-0.1, -0.05) is 6.07 Å². The summed E-state index contributed by atoms with van der Waals surface area (Å²) >= 11 is 0. The molecule has 0 radical (unpaired) electrons. The SMILES string of the molecule is Cc1ccc(-n2nc(CO)cc2C)cc1C. The first-order valence-corrected chi connectivity index (χ1v) is 5.36. The predicted octanol–water partition coefficient (Wildman–Crippen LogP) is 2.29. The Hall–Kier alpha value is -1.61. The van der Waals surface area contributed by atoms with Crippen molar-refractivity contribution in [1.29, 1.82) is 0 Å². The molecule has 16 heavy (non-hydrogen) atoms. The molecule has 1 heterocycles. The van der Waals surface area contributed by atoms with Crippen LogP contribution in [0.1, 0.15) is 22.5 Å². The number of benzene rings is 1. The van der Waals surface area contributed by atoms with E-state index in [-0.39, 0.29) is 6.61 Å². The molecule has 3 nitrogen and oxygen atoms in total. The Labute approximate surface area is 95.3 Å². The molecule has 0 saturated carbocycles. The van der Waals surface area contributed by atoms with Gasteiger partial charge < -0.3 is 5.11 Å². The zero-order valence-corrected chi connectivity index (χ0v) is 9.86. The van der Waals surface area contributed by atoms with Gasteiger partial charge in [0, 0.05) is 5.69 Å². The molecule has 0 atom stereocenters. The lowest BCUT2D eigenvalue weighted by Gasteiger charge is -2.07. The van der Waals surface area contributed by atoms with Crippen LogP contribution >= 0.6 is 0 Å². The summed E-state index contributed by atoms with van der Waals surface area (Å²) in [5.41, 5.74) is 5.30. The largest absolute Gasteiger partial charge is 0.390 e. The molecule has 0 spiro atoms. The van der Waals surface area contributed by atoms with Crippen LogP contribution in [-0.2, 0) is 6.61 Å². The maximum atomic E-state index is 9.05. The Morgan fingerprint density at radius 1 is 1.12 bits per heavy atom. The molecule has 0 unspecified atom stereocenters. The summed E-state index contributed by atoms with van der Waals surface area (Å²) < 4.78 is 1.86. The van der Waals surface area contributed by atoms with Crippen LogP contribution in [0.15, 0.2) is 24.3 Å². The van der Waals surface area contributed by atoms with Crippen molar-refractivity contribution >= 4 is 0 Å². The molecular formula is C13H16N2O. The topological polar surface area (TPSA) is 38.0 Å². The number of rotatable bonds is 2. The summed E-state index contributed by atoms with van der Waals surface area (Å²) in [6.07, 6.45) is 0. The molecular weight excluding hydrogens is 200 g/mol. The molecule has 1 aromatic heterocycles. The highest BCUT2D eigenvalue weighted by Gasteiger charge is 2.06. The van der Waals surface area contributed by atoms with Crippen molar-refractivity contribution in [1.82, 2.24) is 9.78 Å². The van der Waals surface area contributed by atoms with Crippen LogP contribution in [0, 0.1) is 20.8 Å². The lowest BCUT2D eigenvalue weighted by Crippen LogP contribution is -2.00. The summed E-state index contributed by atoms with van der Waals surface area (Å²) in [5.74, 6) is 0. The third-order valence-electron chi connectivity index (χ3n) is 2.84. The fourth-order valence-corrected chi connectivity index (χ4v) is 1.73. The Bertz CT molecular complexity index is 515. The summed E-state index contributed by atoms with van der Waals surface area (Å²) in [7, 11) is 0. The number of aliphatic hydroxyl groups is 1. The average molecular weight is 216 g/mol. The molecule has 0 aliphatic carbocycles. The zero-order valence-electron chi connectivity index (χ0n) is 9.86. The molecule has 1 N–H and O–H groups in total. The minimum Gasteiger partial charge on any atom is -0.390 e. The number of hydrogen-bond donors (Lipinski definition) is 1. The molecule has 84 valence electrons. The zero-order chi connectivity index (χ0) is 11.7. The van der Waals surface area contributed by atoms with Crippen molar-refractivity contribution in [2.24, 2.45) is 0 Å². The molecule has 0 saturated heterocycles. The van der Waals surface area contributed by atoms with Crippen LogP contribution in [0.4, 0.5) is 0 Å². The summed E-state index contributed by atoms with van der Waals surface area (Å²) in [6, 6.07) is 8.14. The number of aliphatic hydroxyl groups excluding tert-OH is 1. The van der Waals surface area contributed by atoms with Crippen LogP contribution in [-0.4, -0.2) is 14.9 Å². The molecule has 0 aliphatic rings. The minimum atomic E-state index is -0.0152. The van der Waals surface area contributed by atoms with Crippen molar-refractivity contribution in [3.8, 4) is 5.69 Å². The van der Waals surface area contributed by atoms with Crippen molar-refractivity contribution in [2.45, 2.75) is 27.4 Å². The Morgan fingerprint density at radius 2 is 1.88 bits per heavy atom. The van der Waals surface area contributed by atoms with E-state index < -0.39 is 0 Å². The van der Waals surface area contributed by atoms with Gasteiger partial charge in [-0.25, -0.2) is 4.68 Å². The molecule has 2 aromatic rings. The molecule has 0 aliphatic heterocycles. The number of aryl methyl sites for hydroxylation is 3. The molecule has 0 amide bonds. The second kappa shape index (κ2) is 4.10. The van der Waals surface area contributed by atoms with E-state index in [9.17, 15) is 0 Å². The van der Waals surface area contributed by atoms with Crippen LogP contribution in [0.5, 0.6) is 0 Å². The fraction of sp³-hybridized carbons (Fsp3) is 0.308. The lowest BCUT2D eigenvalue weighted by atomic mass is 10.1. The average Bonchev–Trinajstić information content (AvgIpc) is 2.64. The number of nitrogens with zero attached hydrogens (tertiary/aromatic N) is 2. The highest BCUT2D eigenvalue weighted by Crippen LogP contribution is 2.16. The third kappa shape index (κ3) is 1.86. The van der Waals surface area contributed by atoms with Crippen LogP contribution < -0.4 is 0 Å². The molecule has 2 rings (SSSR count). The smallest absolute Gasteiger partial charge is 0.0886 e. The summed E-state index contributed by atoms with van der Waals surface area (Å²) in [4.78, 5) is 0. The highest BCUT2D eigenvalue weighted by atomic mass is 16.3. The second-order valence-electron chi connectivity index (χ2n) is 4.12. The van der Waals surface area contributed by atoms with E-state index in [1.54, 1.807) is 0 Å². The van der Waals surface area contributed by atoms with Gasteiger partial charge in [0.05, 0.1) is 18.0 Å². The Balaban J connectivity index is 2.49. The van der Waals surface area contributed by atoms with E-state index in [0.717, 1.165) is 11.4 Å². The van der Waals surface area contributed by atoms with Crippen LogP contribution in [0.2, 0.25) is 0 Å². The van der Waals surface area contributed by atoms with Gasteiger partial charge in [-0.15, -0.1) is 0 Å². The van der Waals surface area contributed by atoms with Gasteiger partial charge in [-0.2, -0.15) is 5.10 Å². The molecule has 0 bridgehead atoms. The van der Waals surface area contributed by atoms with Gasteiger partial charge in [-0.05, 0) is 50.1 Å². The highest BCUT2D eigenvalue weighted by molar-refractivity contribution is 5.40. The van der Waals surface area contributed by atoms with Crippen molar-refractivity contribution in [3.63, 3.8) is 0 Å². The molecule has 0 fully saturated rings. The van der Waals surface area contributed by atoms with E-state index >= 15 is 0 Å². The fourth-order valence-electron chi connectivity index (χ4n) is 1.73.